The van der Waals surface area contributed by atoms with Crippen molar-refractivity contribution in [2.24, 2.45) is 17.6 Å². The molecule has 0 radical (unpaired) electrons. The highest BCUT2D eigenvalue weighted by Crippen LogP contribution is 2.29. The zero-order valence-corrected chi connectivity index (χ0v) is 11.6. The number of carbonyl (C=O) groups is 1. The first-order chi connectivity index (χ1) is 7.91. The molecule has 100 valence electrons. The van der Waals surface area contributed by atoms with Crippen LogP contribution in [0.1, 0.15) is 33.1 Å². The topological polar surface area (TPSA) is 58.4 Å². The van der Waals surface area contributed by atoms with Crippen LogP contribution in [-0.2, 0) is 4.79 Å². The summed E-state index contributed by atoms with van der Waals surface area (Å²) in [5, 5.41) is 3.06. The molecule has 0 aromatic heterocycles. The average Bonchev–Trinajstić information content (AvgIpc) is 2.25. The molecule has 3 N–H and O–H groups in total. The third kappa shape index (κ3) is 4.28. The van der Waals surface area contributed by atoms with E-state index in [0.717, 1.165) is 25.8 Å². The number of nitrogens with one attached hydrogen (secondary N) is 1. The van der Waals surface area contributed by atoms with Crippen LogP contribution in [-0.4, -0.2) is 43.5 Å². The van der Waals surface area contributed by atoms with Gasteiger partial charge in [-0.2, -0.15) is 0 Å². The monoisotopic (exact) mass is 241 g/mol. The molecule has 0 aromatic carbocycles. The standard InChI is InChI=1S/C13H27N3O/c1-9-7-11(14)5-6-12(9)13(17)15-8-10(2)16(3)4/h9-12H,5-8,14H2,1-4H3,(H,15,17). The summed E-state index contributed by atoms with van der Waals surface area (Å²) >= 11 is 0. The molecular formula is C13H27N3O. The van der Waals surface area contributed by atoms with Crippen LogP contribution in [0.3, 0.4) is 0 Å². The number of likely N-dealkylation sites (N-methyl/N-ethyl adjacent to an activating group) is 1. The van der Waals surface area contributed by atoms with Crippen LogP contribution in [0.4, 0.5) is 0 Å². The first-order valence-electron chi connectivity index (χ1n) is 6.61. The van der Waals surface area contributed by atoms with Gasteiger partial charge in [-0.05, 0) is 46.2 Å². The molecule has 4 unspecified atom stereocenters. The number of hydrogen-bond donors (Lipinski definition) is 2. The Labute approximate surface area is 105 Å². The number of nitrogens with zero attached hydrogens (tertiary/aromatic N) is 1. The van der Waals surface area contributed by atoms with Gasteiger partial charge in [-0.25, -0.2) is 0 Å². The summed E-state index contributed by atoms with van der Waals surface area (Å²) in [5.74, 6) is 0.774. The van der Waals surface area contributed by atoms with Crippen molar-refractivity contribution in [1.29, 1.82) is 0 Å². The van der Waals surface area contributed by atoms with Gasteiger partial charge in [0.05, 0.1) is 0 Å². The second kappa shape index (κ2) is 6.36. The van der Waals surface area contributed by atoms with E-state index in [2.05, 4.69) is 24.1 Å². The molecule has 1 rings (SSSR count). The van der Waals surface area contributed by atoms with E-state index < -0.39 is 0 Å². The Hall–Kier alpha value is -0.610. The van der Waals surface area contributed by atoms with Gasteiger partial charge in [-0.1, -0.05) is 6.92 Å². The van der Waals surface area contributed by atoms with E-state index in [1.165, 1.54) is 0 Å². The molecule has 1 aliphatic rings. The Morgan fingerprint density at radius 3 is 2.65 bits per heavy atom. The summed E-state index contributed by atoms with van der Waals surface area (Å²) in [6, 6.07) is 0.662. The lowest BCUT2D eigenvalue weighted by Gasteiger charge is -2.32. The van der Waals surface area contributed by atoms with Crippen molar-refractivity contribution in [1.82, 2.24) is 10.2 Å². The minimum atomic E-state index is 0.157. The van der Waals surface area contributed by atoms with Crippen molar-refractivity contribution in [2.75, 3.05) is 20.6 Å². The maximum atomic E-state index is 12.1. The molecule has 0 heterocycles. The Bertz CT molecular complexity index is 255. The predicted octanol–water partition coefficient (Wildman–Crippen LogP) is 0.816. The lowest BCUT2D eigenvalue weighted by Crippen LogP contribution is -2.44. The molecule has 0 aliphatic heterocycles. The third-order valence-corrected chi connectivity index (χ3v) is 4.00. The molecular weight excluding hydrogens is 214 g/mol. The molecule has 4 heteroatoms. The minimum Gasteiger partial charge on any atom is -0.354 e. The van der Waals surface area contributed by atoms with Gasteiger partial charge in [0.15, 0.2) is 0 Å². The molecule has 17 heavy (non-hydrogen) atoms. The van der Waals surface area contributed by atoms with E-state index in [1.807, 2.05) is 14.1 Å². The van der Waals surface area contributed by atoms with Gasteiger partial charge in [0.25, 0.3) is 0 Å². The van der Waals surface area contributed by atoms with Crippen molar-refractivity contribution < 1.29 is 4.79 Å². The van der Waals surface area contributed by atoms with Gasteiger partial charge in [0.1, 0.15) is 0 Å². The second-order valence-electron chi connectivity index (χ2n) is 5.71. The van der Waals surface area contributed by atoms with Crippen molar-refractivity contribution in [3.63, 3.8) is 0 Å². The van der Waals surface area contributed by atoms with Crippen LogP contribution in [0.5, 0.6) is 0 Å². The Morgan fingerprint density at radius 1 is 1.47 bits per heavy atom. The van der Waals surface area contributed by atoms with Gasteiger partial charge in [-0.15, -0.1) is 0 Å². The fraction of sp³-hybridized carbons (Fsp3) is 0.923. The normalized spacial score (nSPS) is 31.3. The molecule has 1 fully saturated rings. The summed E-state index contributed by atoms with van der Waals surface area (Å²) in [5.41, 5.74) is 5.91. The fourth-order valence-corrected chi connectivity index (χ4v) is 2.39. The average molecular weight is 241 g/mol. The quantitative estimate of drug-likeness (QED) is 0.766. The number of amides is 1. The number of carbonyl (C=O) groups excluding carboxylic acids is 1. The second-order valence-corrected chi connectivity index (χ2v) is 5.71. The first-order valence-corrected chi connectivity index (χ1v) is 6.61. The highest BCUT2D eigenvalue weighted by molar-refractivity contribution is 5.79. The molecule has 1 saturated carbocycles. The van der Waals surface area contributed by atoms with Gasteiger partial charge >= 0.3 is 0 Å². The number of rotatable bonds is 4. The van der Waals surface area contributed by atoms with E-state index in [1.54, 1.807) is 0 Å². The maximum Gasteiger partial charge on any atom is 0.223 e. The minimum absolute atomic E-state index is 0.157. The SMILES string of the molecule is CC1CC(N)CCC1C(=O)NCC(C)N(C)C. The third-order valence-electron chi connectivity index (χ3n) is 4.00. The molecule has 4 atom stereocenters. The molecule has 1 amide bonds. The van der Waals surface area contributed by atoms with Gasteiger partial charge < -0.3 is 16.0 Å². The van der Waals surface area contributed by atoms with Crippen LogP contribution in [0, 0.1) is 11.8 Å². The summed E-state index contributed by atoms with van der Waals surface area (Å²) in [7, 11) is 4.05. The molecule has 0 aromatic rings. The smallest absolute Gasteiger partial charge is 0.223 e. The number of nitrogens with two attached hydrogens (primary N) is 1. The van der Waals surface area contributed by atoms with E-state index in [9.17, 15) is 4.79 Å². The van der Waals surface area contributed by atoms with Crippen LogP contribution < -0.4 is 11.1 Å². The van der Waals surface area contributed by atoms with Gasteiger partial charge in [-0.3, -0.25) is 4.79 Å². The van der Waals surface area contributed by atoms with Crippen LogP contribution in [0.25, 0.3) is 0 Å². The lowest BCUT2D eigenvalue weighted by atomic mass is 9.78. The van der Waals surface area contributed by atoms with Crippen molar-refractivity contribution >= 4 is 5.91 Å². The predicted molar refractivity (Wildman–Crippen MR) is 70.6 cm³/mol. The summed E-state index contributed by atoms with van der Waals surface area (Å²) in [4.78, 5) is 14.2. The van der Waals surface area contributed by atoms with Crippen LogP contribution >= 0.6 is 0 Å². The molecule has 0 spiro atoms. The fourth-order valence-electron chi connectivity index (χ4n) is 2.39. The Balaban J connectivity index is 2.37. The zero-order chi connectivity index (χ0) is 13.0. The lowest BCUT2D eigenvalue weighted by molar-refractivity contribution is -0.127. The number of hydrogen-bond acceptors (Lipinski definition) is 3. The molecule has 0 bridgehead atoms. The summed E-state index contributed by atoms with van der Waals surface area (Å²) < 4.78 is 0. The summed E-state index contributed by atoms with van der Waals surface area (Å²) in [6.45, 7) is 4.97. The highest BCUT2D eigenvalue weighted by atomic mass is 16.1. The Morgan fingerprint density at radius 2 is 2.12 bits per heavy atom. The van der Waals surface area contributed by atoms with Crippen molar-refractivity contribution in [2.45, 2.75) is 45.2 Å². The molecule has 1 aliphatic carbocycles. The largest absolute Gasteiger partial charge is 0.354 e. The Kier molecular flexibility index (Phi) is 5.40. The van der Waals surface area contributed by atoms with Crippen LogP contribution in [0.15, 0.2) is 0 Å². The first kappa shape index (κ1) is 14.5. The van der Waals surface area contributed by atoms with E-state index >= 15 is 0 Å². The maximum absolute atomic E-state index is 12.1. The van der Waals surface area contributed by atoms with Crippen LogP contribution in [0.2, 0.25) is 0 Å². The summed E-state index contributed by atoms with van der Waals surface area (Å²) in [6.07, 6.45) is 2.89. The van der Waals surface area contributed by atoms with E-state index in [4.69, 9.17) is 5.73 Å². The zero-order valence-electron chi connectivity index (χ0n) is 11.6. The van der Waals surface area contributed by atoms with E-state index in [0.29, 0.717) is 12.0 Å². The molecule has 0 saturated heterocycles. The molecule has 4 nitrogen and oxygen atoms in total. The van der Waals surface area contributed by atoms with Crippen molar-refractivity contribution in [3.8, 4) is 0 Å². The van der Waals surface area contributed by atoms with Gasteiger partial charge in [0, 0.05) is 24.5 Å². The van der Waals surface area contributed by atoms with Crippen molar-refractivity contribution in [3.05, 3.63) is 0 Å². The van der Waals surface area contributed by atoms with Gasteiger partial charge in [0.2, 0.25) is 5.91 Å². The van der Waals surface area contributed by atoms with E-state index in [-0.39, 0.29) is 17.9 Å². The highest BCUT2D eigenvalue weighted by Gasteiger charge is 2.30.